The van der Waals surface area contributed by atoms with Crippen molar-refractivity contribution in [2.24, 2.45) is 4.99 Å². The highest BCUT2D eigenvalue weighted by molar-refractivity contribution is 6.41. The van der Waals surface area contributed by atoms with Gasteiger partial charge in [0, 0.05) is 56.5 Å². The zero-order valence-corrected chi connectivity index (χ0v) is 25.3. The van der Waals surface area contributed by atoms with Crippen molar-refractivity contribution in [1.29, 1.82) is 0 Å². The summed E-state index contributed by atoms with van der Waals surface area (Å²) >= 11 is 6.86. The van der Waals surface area contributed by atoms with Crippen molar-refractivity contribution in [1.82, 2.24) is 14.7 Å². The molecule has 8 heteroatoms. The Kier molecular flexibility index (Phi) is 10.4. The van der Waals surface area contributed by atoms with Crippen molar-refractivity contribution in [2.75, 3.05) is 52.4 Å². The molecule has 0 radical (unpaired) electrons. The standard InChI is InChI=1S/C33H40ClFN4O2/c1-6-37(7-2)16-11-21-41-24(4)36-33-29(23(3)38-17-19-39(20-18-38)25(5)40)22-30(34)31(32(33)35)28-15-10-13-26-12-8-9-14-27(26)28/h8-10,12-15,22H,4,6-7,11,16-21H2,1-3,5H3/b29-23+,36-33+. The van der Waals surface area contributed by atoms with E-state index >= 15 is 4.39 Å². The van der Waals surface area contributed by atoms with Crippen LogP contribution in [0.15, 0.2) is 88.1 Å². The lowest BCUT2D eigenvalue weighted by molar-refractivity contribution is -0.130. The quantitative estimate of drug-likeness (QED) is 0.231. The first-order valence-electron chi connectivity index (χ1n) is 14.3. The van der Waals surface area contributed by atoms with Gasteiger partial charge in [-0.25, -0.2) is 9.38 Å². The third-order valence-electron chi connectivity index (χ3n) is 7.86. The van der Waals surface area contributed by atoms with Crippen molar-refractivity contribution in [3.8, 4) is 0 Å². The Morgan fingerprint density at radius 3 is 2.39 bits per heavy atom. The molecular weight excluding hydrogens is 539 g/mol. The minimum Gasteiger partial charge on any atom is -0.478 e. The molecule has 1 aliphatic carbocycles. The second-order valence-electron chi connectivity index (χ2n) is 10.3. The van der Waals surface area contributed by atoms with Gasteiger partial charge in [-0.05, 0) is 55.4 Å². The van der Waals surface area contributed by atoms with Crippen molar-refractivity contribution in [3.63, 3.8) is 0 Å². The van der Waals surface area contributed by atoms with Gasteiger partial charge in [-0.2, -0.15) is 0 Å². The second-order valence-corrected chi connectivity index (χ2v) is 10.7. The molecule has 0 aromatic heterocycles. The van der Waals surface area contributed by atoms with E-state index in [1.165, 1.54) is 0 Å². The highest BCUT2D eigenvalue weighted by atomic mass is 35.5. The molecular formula is C33H40ClFN4O2. The molecule has 0 atom stereocenters. The van der Waals surface area contributed by atoms with E-state index in [4.69, 9.17) is 16.3 Å². The predicted octanol–water partition coefficient (Wildman–Crippen LogP) is 6.76. The van der Waals surface area contributed by atoms with E-state index in [0.29, 0.717) is 54.5 Å². The summed E-state index contributed by atoms with van der Waals surface area (Å²) in [5, 5.41) is 2.21. The fourth-order valence-corrected chi connectivity index (χ4v) is 5.68. The van der Waals surface area contributed by atoms with Gasteiger partial charge in [0.15, 0.2) is 5.83 Å². The van der Waals surface area contributed by atoms with Gasteiger partial charge in [-0.1, -0.05) is 67.9 Å². The number of piperazine rings is 1. The maximum absolute atomic E-state index is 16.7. The summed E-state index contributed by atoms with van der Waals surface area (Å²) in [6.45, 7) is 17.6. The van der Waals surface area contributed by atoms with Crippen LogP contribution in [0.1, 0.15) is 39.7 Å². The summed E-state index contributed by atoms with van der Waals surface area (Å²) in [5.41, 5.74) is 2.58. The normalized spacial score (nSPS) is 18.3. The first-order valence-corrected chi connectivity index (χ1v) is 14.7. The highest BCUT2D eigenvalue weighted by Gasteiger charge is 2.30. The fourth-order valence-electron chi connectivity index (χ4n) is 5.39. The Balaban J connectivity index is 1.71. The summed E-state index contributed by atoms with van der Waals surface area (Å²) < 4.78 is 22.5. The van der Waals surface area contributed by atoms with Crippen LogP contribution in [0.3, 0.4) is 0 Å². The number of amides is 1. The predicted molar refractivity (Wildman–Crippen MR) is 167 cm³/mol. The summed E-state index contributed by atoms with van der Waals surface area (Å²) in [4.78, 5) is 22.7. The van der Waals surface area contributed by atoms with Gasteiger partial charge in [0.25, 0.3) is 0 Å². The van der Waals surface area contributed by atoms with Crippen molar-refractivity contribution in [2.45, 2.75) is 34.1 Å². The first-order chi connectivity index (χ1) is 19.7. The summed E-state index contributed by atoms with van der Waals surface area (Å²) in [7, 11) is 0. The topological polar surface area (TPSA) is 48.4 Å². The van der Waals surface area contributed by atoms with Crippen LogP contribution in [0.4, 0.5) is 4.39 Å². The number of carbonyl (C=O) groups excluding carboxylic acids is 1. The number of allylic oxidation sites excluding steroid dienone is 6. The van der Waals surface area contributed by atoms with E-state index in [2.05, 4.69) is 35.2 Å². The van der Waals surface area contributed by atoms with E-state index in [1.807, 2.05) is 54.3 Å². The molecule has 218 valence electrons. The molecule has 0 saturated carbocycles. The Bertz CT molecular complexity index is 1410. The van der Waals surface area contributed by atoms with Gasteiger partial charge < -0.3 is 19.4 Å². The lowest BCUT2D eigenvalue weighted by Crippen LogP contribution is -2.47. The maximum Gasteiger partial charge on any atom is 0.219 e. The zero-order chi connectivity index (χ0) is 29.5. The molecule has 4 rings (SSSR count). The van der Waals surface area contributed by atoms with E-state index in [9.17, 15) is 4.79 Å². The van der Waals surface area contributed by atoms with E-state index in [0.717, 1.165) is 42.5 Å². The number of fused-ring (bicyclic) bond motifs is 1. The van der Waals surface area contributed by atoms with Crippen molar-refractivity contribution in [3.05, 3.63) is 88.7 Å². The zero-order valence-electron chi connectivity index (χ0n) is 24.6. The van der Waals surface area contributed by atoms with Crippen LogP contribution in [0, 0.1) is 0 Å². The first kappa shape index (κ1) is 30.5. The number of halogens is 2. The molecule has 1 amide bonds. The van der Waals surface area contributed by atoms with E-state index in [1.54, 1.807) is 13.0 Å². The van der Waals surface area contributed by atoms with Crippen LogP contribution in [0.25, 0.3) is 16.3 Å². The Morgan fingerprint density at radius 1 is 1.05 bits per heavy atom. The molecule has 0 unspecified atom stereocenters. The Hall–Kier alpha value is -3.42. The highest BCUT2D eigenvalue weighted by Crippen LogP contribution is 2.41. The van der Waals surface area contributed by atoms with Gasteiger partial charge in [0.2, 0.25) is 11.8 Å². The van der Waals surface area contributed by atoms with Crippen LogP contribution in [-0.2, 0) is 9.53 Å². The maximum atomic E-state index is 16.7. The summed E-state index contributed by atoms with van der Waals surface area (Å²) in [6, 6.07) is 13.6. The molecule has 0 bridgehead atoms. The van der Waals surface area contributed by atoms with Crippen LogP contribution >= 0.6 is 11.6 Å². The Morgan fingerprint density at radius 2 is 1.71 bits per heavy atom. The molecule has 1 fully saturated rings. The number of benzene rings is 2. The third-order valence-corrected chi connectivity index (χ3v) is 8.16. The average molecular weight is 579 g/mol. The average Bonchev–Trinajstić information content (AvgIpc) is 2.98. The third kappa shape index (κ3) is 7.08. The number of aliphatic imine (C=N–C) groups is 1. The van der Waals surface area contributed by atoms with Gasteiger partial charge in [-0.15, -0.1) is 0 Å². The van der Waals surface area contributed by atoms with Crippen LogP contribution < -0.4 is 0 Å². The van der Waals surface area contributed by atoms with Crippen LogP contribution in [-0.4, -0.2) is 78.7 Å². The monoisotopic (exact) mass is 578 g/mol. The van der Waals surface area contributed by atoms with Gasteiger partial charge in [-0.3, -0.25) is 4.79 Å². The van der Waals surface area contributed by atoms with Gasteiger partial charge >= 0.3 is 0 Å². The van der Waals surface area contributed by atoms with Crippen LogP contribution in [0.2, 0.25) is 0 Å². The number of rotatable bonds is 10. The molecule has 2 aromatic carbocycles. The second kappa shape index (κ2) is 14.0. The lowest BCUT2D eigenvalue weighted by Gasteiger charge is -2.37. The number of nitrogens with zero attached hydrogens (tertiary/aromatic N) is 4. The Labute approximate surface area is 248 Å². The van der Waals surface area contributed by atoms with E-state index in [-0.39, 0.29) is 17.5 Å². The molecule has 1 heterocycles. The number of hydrogen-bond donors (Lipinski definition) is 0. The smallest absolute Gasteiger partial charge is 0.219 e. The molecule has 0 spiro atoms. The molecule has 2 aromatic rings. The van der Waals surface area contributed by atoms with Crippen molar-refractivity contribution < 1.29 is 13.9 Å². The molecule has 0 N–H and O–H groups in total. The largest absolute Gasteiger partial charge is 0.478 e. The minimum atomic E-state index is -0.515. The number of hydrogen-bond acceptors (Lipinski definition) is 5. The molecule has 2 aliphatic rings. The SMILES string of the molecule is C=C(/N=C1/C(F)=C(c2cccc3ccccc23)C(Cl)=C/C1=C(/C)N1CCN(C(C)=O)CC1)OCCCN(CC)CC. The summed E-state index contributed by atoms with van der Waals surface area (Å²) in [5.74, 6) is -0.301. The molecule has 6 nitrogen and oxygen atoms in total. The summed E-state index contributed by atoms with van der Waals surface area (Å²) in [6.07, 6.45) is 2.61. The lowest BCUT2D eigenvalue weighted by atomic mass is 9.90. The van der Waals surface area contributed by atoms with E-state index < -0.39 is 5.83 Å². The minimum absolute atomic E-state index is 0.0564. The number of carbonyl (C=O) groups is 1. The van der Waals surface area contributed by atoms with Crippen molar-refractivity contribution >= 4 is 39.6 Å². The molecule has 41 heavy (non-hydrogen) atoms. The molecule has 1 saturated heterocycles. The van der Waals surface area contributed by atoms with Gasteiger partial charge in [0.1, 0.15) is 5.71 Å². The van der Waals surface area contributed by atoms with Crippen LogP contribution in [0.5, 0.6) is 0 Å². The molecule has 1 aliphatic heterocycles. The van der Waals surface area contributed by atoms with Gasteiger partial charge in [0.05, 0.1) is 11.6 Å². The number of ether oxygens (including phenoxy) is 1. The fraction of sp³-hybridized carbons (Fsp3) is 0.394.